The van der Waals surface area contributed by atoms with Crippen molar-refractivity contribution in [2.24, 2.45) is 0 Å². The molecule has 1 saturated heterocycles. The summed E-state index contributed by atoms with van der Waals surface area (Å²) < 4.78 is 2.14. The van der Waals surface area contributed by atoms with Crippen molar-refractivity contribution in [1.82, 2.24) is 24.6 Å². The second-order valence-electron chi connectivity index (χ2n) is 9.76. The summed E-state index contributed by atoms with van der Waals surface area (Å²) in [6.45, 7) is 8.74. The van der Waals surface area contributed by atoms with Crippen LogP contribution >= 0.6 is 0 Å². The zero-order valence-corrected chi connectivity index (χ0v) is 21.3. The van der Waals surface area contributed by atoms with Gasteiger partial charge in [0.25, 0.3) is 0 Å². The van der Waals surface area contributed by atoms with Crippen molar-refractivity contribution in [1.29, 1.82) is 0 Å². The highest BCUT2D eigenvalue weighted by Gasteiger charge is 2.31. The van der Waals surface area contributed by atoms with E-state index in [1.807, 2.05) is 11.0 Å². The van der Waals surface area contributed by atoms with Crippen LogP contribution in [0.25, 0.3) is 10.9 Å². The molecule has 0 aliphatic carbocycles. The van der Waals surface area contributed by atoms with Gasteiger partial charge in [-0.1, -0.05) is 37.3 Å². The van der Waals surface area contributed by atoms with Gasteiger partial charge in [-0.3, -0.25) is 9.48 Å². The van der Waals surface area contributed by atoms with Crippen molar-refractivity contribution in [3.05, 3.63) is 84.1 Å². The zero-order chi connectivity index (χ0) is 25.1. The number of carbonyl (C=O) groups is 1. The number of hydrogen-bond acceptors (Lipinski definition) is 5. The van der Waals surface area contributed by atoms with Gasteiger partial charge in [0, 0.05) is 49.1 Å². The second-order valence-corrected chi connectivity index (χ2v) is 9.76. The number of benzene rings is 2. The number of anilines is 1. The molecule has 1 amide bonds. The second kappa shape index (κ2) is 10.5. The van der Waals surface area contributed by atoms with Crippen LogP contribution in [0.1, 0.15) is 43.9 Å². The van der Waals surface area contributed by atoms with Crippen molar-refractivity contribution in [2.75, 3.05) is 24.5 Å². The van der Waals surface area contributed by atoms with Gasteiger partial charge in [0.05, 0.1) is 23.7 Å². The Labute approximate surface area is 212 Å². The van der Waals surface area contributed by atoms with Crippen molar-refractivity contribution >= 4 is 22.5 Å². The third-order valence-electron chi connectivity index (χ3n) is 7.00. The number of fused-ring (bicyclic) bond motifs is 1. The van der Waals surface area contributed by atoms with Crippen molar-refractivity contribution in [2.45, 2.75) is 52.1 Å². The Morgan fingerprint density at radius 3 is 2.53 bits per heavy atom. The van der Waals surface area contributed by atoms with Crippen LogP contribution in [-0.4, -0.2) is 56.2 Å². The number of piperazine rings is 1. The molecule has 1 aliphatic rings. The molecule has 36 heavy (non-hydrogen) atoms. The third kappa shape index (κ3) is 4.96. The van der Waals surface area contributed by atoms with Gasteiger partial charge in [-0.15, -0.1) is 0 Å². The number of aryl methyl sites for hydroxylation is 1. The maximum atomic E-state index is 13.4. The van der Waals surface area contributed by atoms with Crippen molar-refractivity contribution < 1.29 is 4.79 Å². The molecule has 1 fully saturated rings. The molecule has 7 nitrogen and oxygen atoms in total. The van der Waals surface area contributed by atoms with Crippen LogP contribution in [0, 0.1) is 0 Å². The van der Waals surface area contributed by atoms with Crippen LogP contribution in [0.15, 0.2) is 67.0 Å². The van der Waals surface area contributed by atoms with E-state index in [1.54, 1.807) is 18.5 Å². The van der Waals surface area contributed by atoms with E-state index < -0.39 is 0 Å². The molecule has 2 aromatic carbocycles. The first-order valence-corrected chi connectivity index (χ1v) is 12.9. The lowest BCUT2D eigenvalue weighted by Crippen LogP contribution is -2.56. The fourth-order valence-electron chi connectivity index (χ4n) is 5.18. The van der Waals surface area contributed by atoms with Gasteiger partial charge in [-0.05, 0) is 56.5 Å². The molecule has 0 saturated carbocycles. The molecule has 0 N–H and O–H groups in total. The maximum absolute atomic E-state index is 13.4. The van der Waals surface area contributed by atoms with Gasteiger partial charge in [0.2, 0.25) is 5.91 Å². The fraction of sp³-hybridized carbons (Fsp3) is 0.379. The highest BCUT2D eigenvalue weighted by Crippen LogP contribution is 2.29. The summed E-state index contributed by atoms with van der Waals surface area (Å²) in [5.74, 6) is 0.658. The molecule has 1 atom stereocenters. The first-order valence-electron chi connectivity index (χ1n) is 12.9. The fourth-order valence-corrected chi connectivity index (χ4v) is 5.18. The number of carbonyl (C=O) groups excluding carboxylic acids is 1. The molecule has 186 valence electrons. The van der Waals surface area contributed by atoms with Crippen molar-refractivity contribution in [3.8, 4) is 0 Å². The Bertz CT molecular complexity index is 1320. The summed E-state index contributed by atoms with van der Waals surface area (Å²) in [4.78, 5) is 26.3. The lowest BCUT2D eigenvalue weighted by Gasteiger charge is -2.42. The Morgan fingerprint density at radius 2 is 1.81 bits per heavy atom. The summed E-state index contributed by atoms with van der Waals surface area (Å²) in [5, 5.41) is 6.10. The molecule has 3 heterocycles. The van der Waals surface area contributed by atoms with E-state index in [0.717, 1.165) is 31.6 Å². The van der Waals surface area contributed by atoms with Crippen molar-refractivity contribution in [3.63, 3.8) is 0 Å². The van der Waals surface area contributed by atoms with Crippen LogP contribution in [-0.2, 0) is 24.1 Å². The largest absolute Gasteiger partial charge is 0.368 e. The Morgan fingerprint density at radius 1 is 1.03 bits per heavy atom. The van der Waals surface area contributed by atoms with E-state index in [1.165, 1.54) is 22.2 Å². The quantitative estimate of drug-likeness (QED) is 0.389. The highest BCUT2D eigenvalue weighted by atomic mass is 16.2. The topological polar surface area (TPSA) is 67.2 Å². The lowest BCUT2D eigenvalue weighted by molar-refractivity contribution is -0.133. The van der Waals surface area contributed by atoms with Gasteiger partial charge in [-0.25, -0.2) is 9.97 Å². The average molecular weight is 483 g/mol. The van der Waals surface area contributed by atoms with E-state index >= 15 is 0 Å². The van der Waals surface area contributed by atoms with Gasteiger partial charge >= 0.3 is 0 Å². The summed E-state index contributed by atoms with van der Waals surface area (Å²) >= 11 is 0. The van der Waals surface area contributed by atoms with E-state index in [0.29, 0.717) is 18.4 Å². The van der Waals surface area contributed by atoms with E-state index in [9.17, 15) is 4.79 Å². The standard InChI is InChI=1S/C29H34N6O/c1-4-26-25-12-11-23(18-27(25)35(32-26)21(2)3)33-15-16-34(29(36)19-28-30-13-8-14-31-28)24(20-33)17-22-9-6-5-7-10-22/h5-14,18,21,24H,4,15-17,19-20H2,1-3H3. The van der Waals surface area contributed by atoms with Gasteiger partial charge < -0.3 is 9.80 Å². The van der Waals surface area contributed by atoms with Crippen LogP contribution in [0.3, 0.4) is 0 Å². The number of nitrogens with zero attached hydrogens (tertiary/aromatic N) is 6. The normalized spacial score (nSPS) is 16.2. The predicted octanol–water partition coefficient (Wildman–Crippen LogP) is 4.47. The molecule has 0 radical (unpaired) electrons. The van der Waals surface area contributed by atoms with Crippen LogP contribution in [0.4, 0.5) is 5.69 Å². The molecular weight excluding hydrogens is 448 g/mol. The first-order chi connectivity index (χ1) is 17.5. The van der Waals surface area contributed by atoms with Gasteiger partial charge in [0.15, 0.2) is 0 Å². The zero-order valence-electron chi connectivity index (χ0n) is 21.3. The van der Waals surface area contributed by atoms with Crippen LogP contribution in [0.2, 0.25) is 0 Å². The van der Waals surface area contributed by atoms with Gasteiger partial charge in [-0.2, -0.15) is 5.10 Å². The molecule has 0 spiro atoms. The molecule has 5 rings (SSSR count). The Kier molecular flexibility index (Phi) is 6.98. The molecular formula is C29H34N6O. The summed E-state index contributed by atoms with van der Waals surface area (Å²) in [6, 6.07) is 19.3. The summed E-state index contributed by atoms with van der Waals surface area (Å²) in [5.41, 5.74) is 4.74. The first kappa shape index (κ1) is 24.0. The van der Waals surface area contributed by atoms with E-state index in [4.69, 9.17) is 5.10 Å². The molecule has 2 aromatic heterocycles. The number of aromatic nitrogens is 4. The molecule has 7 heteroatoms. The number of rotatable bonds is 7. The molecule has 0 bridgehead atoms. The van der Waals surface area contributed by atoms with E-state index in [2.05, 4.69) is 82.8 Å². The SMILES string of the molecule is CCc1nn(C(C)C)c2cc(N3CCN(C(=O)Cc4ncccn4)C(Cc4ccccc4)C3)ccc12. The van der Waals surface area contributed by atoms with Crippen LogP contribution in [0.5, 0.6) is 0 Å². The number of hydrogen-bond donors (Lipinski definition) is 0. The minimum absolute atomic E-state index is 0.0641. The van der Waals surface area contributed by atoms with Crippen LogP contribution < -0.4 is 4.90 Å². The summed E-state index contributed by atoms with van der Waals surface area (Å²) in [6.07, 6.45) is 5.34. The van der Waals surface area contributed by atoms with Gasteiger partial charge in [0.1, 0.15) is 5.82 Å². The Balaban J connectivity index is 1.42. The third-order valence-corrected chi connectivity index (χ3v) is 7.00. The lowest BCUT2D eigenvalue weighted by atomic mass is 10.0. The summed E-state index contributed by atoms with van der Waals surface area (Å²) in [7, 11) is 0. The van der Waals surface area contributed by atoms with E-state index in [-0.39, 0.29) is 18.4 Å². The average Bonchev–Trinajstić information content (AvgIpc) is 3.28. The highest BCUT2D eigenvalue weighted by molar-refractivity contribution is 5.86. The smallest absolute Gasteiger partial charge is 0.230 e. The number of amides is 1. The monoisotopic (exact) mass is 482 g/mol. The maximum Gasteiger partial charge on any atom is 0.230 e. The predicted molar refractivity (Wildman–Crippen MR) is 143 cm³/mol. The molecule has 1 aliphatic heterocycles. The molecule has 4 aromatic rings. The Hall–Kier alpha value is -3.74. The minimum Gasteiger partial charge on any atom is -0.368 e. The molecule has 1 unspecified atom stereocenters. The minimum atomic E-state index is 0.0641.